The summed E-state index contributed by atoms with van der Waals surface area (Å²) in [6, 6.07) is 7.41. The van der Waals surface area contributed by atoms with Gasteiger partial charge in [-0.25, -0.2) is 4.98 Å². The molecule has 3 aromatic rings. The number of hydrogen-bond donors (Lipinski definition) is 1. The molecule has 0 radical (unpaired) electrons. The van der Waals surface area contributed by atoms with Crippen molar-refractivity contribution in [1.82, 2.24) is 4.98 Å². The molecule has 0 unspecified atom stereocenters. The number of anilines is 1. The van der Waals surface area contributed by atoms with Crippen molar-refractivity contribution >= 4 is 56.9 Å². The maximum absolute atomic E-state index is 12.3. The Balaban J connectivity index is 1.85. The number of benzene rings is 1. The Labute approximate surface area is 157 Å². The van der Waals surface area contributed by atoms with Crippen molar-refractivity contribution in [2.75, 3.05) is 12.4 Å². The summed E-state index contributed by atoms with van der Waals surface area (Å²) >= 11 is 14.4. The summed E-state index contributed by atoms with van der Waals surface area (Å²) in [4.78, 5) is 16.7. The Bertz CT molecular complexity index is 905. The number of ether oxygens (including phenoxy) is 1. The molecule has 3 rings (SSSR count). The van der Waals surface area contributed by atoms with Gasteiger partial charge in [0.05, 0.1) is 22.7 Å². The van der Waals surface area contributed by atoms with Crippen LogP contribution in [0.5, 0.6) is 5.75 Å². The van der Waals surface area contributed by atoms with Gasteiger partial charge in [0.1, 0.15) is 10.1 Å². The predicted molar refractivity (Wildman–Crippen MR) is 101 cm³/mol. The molecule has 1 amide bonds. The van der Waals surface area contributed by atoms with E-state index >= 15 is 0 Å². The van der Waals surface area contributed by atoms with Crippen molar-refractivity contribution in [3.05, 3.63) is 49.4 Å². The highest BCUT2D eigenvalue weighted by atomic mass is 35.5. The normalized spacial score (nSPS) is 10.7. The highest BCUT2D eigenvalue weighted by Crippen LogP contribution is 2.34. The molecule has 0 bridgehead atoms. The number of aromatic nitrogens is 1. The molecule has 0 spiro atoms. The van der Waals surface area contributed by atoms with Gasteiger partial charge in [0.2, 0.25) is 0 Å². The first kappa shape index (κ1) is 17.2. The van der Waals surface area contributed by atoms with Crippen LogP contribution in [0.4, 0.5) is 5.13 Å². The number of nitrogens with zero attached hydrogens (tertiary/aromatic N) is 1. The molecule has 0 aliphatic rings. The lowest BCUT2D eigenvalue weighted by Crippen LogP contribution is -2.11. The number of rotatable bonds is 4. The topological polar surface area (TPSA) is 51.2 Å². The summed E-state index contributed by atoms with van der Waals surface area (Å²) in [6.07, 6.45) is 0. The zero-order chi connectivity index (χ0) is 17.3. The second kappa shape index (κ2) is 7.11. The molecule has 124 valence electrons. The minimum absolute atomic E-state index is 0.333. The minimum atomic E-state index is -0.333. The van der Waals surface area contributed by atoms with Crippen LogP contribution in [-0.2, 0) is 0 Å². The van der Waals surface area contributed by atoms with Crippen molar-refractivity contribution in [1.29, 1.82) is 0 Å². The van der Waals surface area contributed by atoms with E-state index in [1.54, 1.807) is 13.2 Å². The van der Waals surface area contributed by atoms with Crippen molar-refractivity contribution < 1.29 is 9.53 Å². The van der Waals surface area contributed by atoms with Crippen molar-refractivity contribution in [2.24, 2.45) is 0 Å². The number of aryl methyl sites for hydroxylation is 1. The first-order valence-corrected chi connectivity index (χ1v) is 9.30. The van der Waals surface area contributed by atoms with Gasteiger partial charge in [-0.2, -0.15) is 0 Å². The van der Waals surface area contributed by atoms with E-state index in [9.17, 15) is 4.79 Å². The fraction of sp³-hybridized carbons (Fsp3) is 0.125. The standard InChI is InChI=1S/C16H12Cl2N2O2S2/c1-8-3-4-12(22-2)9(5-8)11-7-23-16(19-11)20-15(21)10-6-13(17)24-14(10)18/h3-7H,1-2H3,(H,19,20,21). The summed E-state index contributed by atoms with van der Waals surface area (Å²) in [5, 5.41) is 5.10. The molecular weight excluding hydrogens is 387 g/mol. The summed E-state index contributed by atoms with van der Waals surface area (Å²) in [7, 11) is 1.62. The highest BCUT2D eigenvalue weighted by Gasteiger charge is 2.17. The molecular formula is C16H12Cl2N2O2S2. The van der Waals surface area contributed by atoms with Gasteiger partial charge in [-0.1, -0.05) is 34.8 Å². The van der Waals surface area contributed by atoms with E-state index in [2.05, 4.69) is 10.3 Å². The molecule has 0 fully saturated rings. The predicted octanol–water partition coefficient (Wildman–Crippen LogP) is 5.75. The molecule has 2 aromatic heterocycles. The number of thiophene rings is 1. The van der Waals surface area contributed by atoms with Crippen molar-refractivity contribution in [3.8, 4) is 17.0 Å². The molecule has 0 aliphatic heterocycles. The van der Waals surface area contributed by atoms with E-state index in [0.29, 0.717) is 19.4 Å². The largest absolute Gasteiger partial charge is 0.496 e. The highest BCUT2D eigenvalue weighted by molar-refractivity contribution is 7.20. The van der Waals surface area contributed by atoms with Crippen LogP contribution in [0, 0.1) is 6.92 Å². The molecule has 24 heavy (non-hydrogen) atoms. The van der Waals surface area contributed by atoms with Crippen LogP contribution in [-0.4, -0.2) is 18.0 Å². The molecule has 0 saturated carbocycles. The van der Waals surface area contributed by atoms with E-state index in [4.69, 9.17) is 27.9 Å². The molecule has 1 N–H and O–H groups in total. The van der Waals surface area contributed by atoms with Crippen molar-refractivity contribution in [3.63, 3.8) is 0 Å². The third-order valence-electron chi connectivity index (χ3n) is 3.26. The average molecular weight is 399 g/mol. The summed E-state index contributed by atoms with van der Waals surface area (Å²) < 4.78 is 6.20. The van der Waals surface area contributed by atoms with Crippen LogP contribution >= 0.6 is 45.9 Å². The number of carbonyl (C=O) groups excluding carboxylic acids is 1. The number of thiazole rings is 1. The Kier molecular flexibility index (Phi) is 5.10. The Morgan fingerprint density at radius 2 is 2.08 bits per heavy atom. The number of carbonyl (C=O) groups is 1. The van der Waals surface area contributed by atoms with Crippen LogP contribution in [0.1, 0.15) is 15.9 Å². The first-order chi connectivity index (χ1) is 11.5. The Morgan fingerprint density at radius 1 is 1.29 bits per heavy atom. The van der Waals surface area contributed by atoms with Gasteiger partial charge < -0.3 is 4.74 Å². The lowest BCUT2D eigenvalue weighted by atomic mass is 10.1. The van der Waals surface area contributed by atoms with E-state index < -0.39 is 0 Å². The summed E-state index contributed by atoms with van der Waals surface area (Å²) in [5.74, 6) is 0.400. The molecule has 2 heterocycles. The van der Waals surface area contributed by atoms with Gasteiger partial charge >= 0.3 is 0 Å². The number of halogens is 2. The molecule has 4 nitrogen and oxygen atoms in total. The third-order valence-corrected chi connectivity index (χ3v) is 5.50. The monoisotopic (exact) mass is 398 g/mol. The fourth-order valence-corrected chi connectivity index (χ4v) is 4.30. The van der Waals surface area contributed by atoms with Crippen LogP contribution in [0.15, 0.2) is 29.6 Å². The lowest BCUT2D eigenvalue weighted by Gasteiger charge is -2.07. The van der Waals surface area contributed by atoms with E-state index in [-0.39, 0.29) is 5.91 Å². The van der Waals surface area contributed by atoms with Crippen molar-refractivity contribution in [2.45, 2.75) is 6.92 Å². The fourth-order valence-electron chi connectivity index (χ4n) is 2.14. The Morgan fingerprint density at radius 3 is 2.75 bits per heavy atom. The van der Waals surface area contributed by atoms with Crippen LogP contribution in [0.3, 0.4) is 0 Å². The molecule has 0 saturated heterocycles. The van der Waals surface area contributed by atoms with Crippen LogP contribution in [0.25, 0.3) is 11.3 Å². The minimum Gasteiger partial charge on any atom is -0.496 e. The van der Waals surface area contributed by atoms with Gasteiger partial charge in [-0.15, -0.1) is 22.7 Å². The number of nitrogens with one attached hydrogen (secondary N) is 1. The number of amides is 1. The molecule has 0 atom stereocenters. The summed E-state index contributed by atoms with van der Waals surface area (Å²) in [6.45, 7) is 2.00. The number of hydrogen-bond acceptors (Lipinski definition) is 5. The van der Waals surface area contributed by atoms with Gasteiger partial charge in [-0.05, 0) is 25.1 Å². The molecule has 8 heteroatoms. The van der Waals surface area contributed by atoms with Gasteiger partial charge in [0, 0.05) is 10.9 Å². The maximum Gasteiger partial charge on any atom is 0.259 e. The maximum atomic E-state index is 12.3. The van der Waals surface area contributed by atoms with E-state index in [1.165, 1.54) is 11.3 Å². The van der Waals surface area contributed by atoms with E-state index in [1.807, 2.05) is 30.5 Å². The summed E-state index contributed by atoms with van der Waals surface area (Å²) in [5.41, 5.74) is 3.07. The SMILES string of the molecule is COc1ccc(C)cc1-c1csc(NC(=O)c2cc(Cl)sc2Cl)n1. The first-order valence-electron chi connectivity index (χ1n) is 6.84. The van der Waals surface area contributed by atoms with Gasteiger partial charge in [0.15, 0.2) is 5.13 Å². The van der Waals surface area contributed by atoms with Gasteiger partial charge in [0.25, 0.3) is 5.91 Å². The van der Waals surface area contributed by atoms with Gasteiger partial charge in [-0.3, -0.25) is 10.1 Å². The average Bonchev–Trinajstić information content (AvgIpc) is 3.13. The second-order valence-corrected chi connectivity index (χ2v) is 8.08. The quantitative estimate of drug-likeness (QED) is 0.608. The zero-order valence-corrected chi connectivity index (χ0v) is 15.9. The molecule has 1 aromatic carbocycles. The Hall–Kier alpha value is -1.60. The lowest BCUT2D eigenvalue weighted by molar-refractivity contribution is 0.102. The third kappa shape index (κ3) is 3.57. The van der Waals surface area contributed by atoms with E-state index in [0.717, 1.165) is 33.9 Å². The number of methoxy groups -OCH3 is 1. The smallest absolute Gasteiger partial charge is 0.259 e. The van der Waals surface area contributed by atoms with Crippen LogP contribution in [0.2, 0.25) is 8.67 Å². The zero-order valence-electron chi connectivity index (χ0n) is 12.7. The van der Waals surface area contributed by atoms with Crippen LogP contribution < -0.4 is 10.1 Å². The molecule has 0 aliphatic carbocycles. The second-order valence-electron chi connectivity index (χ2n) is 4.93.